The number of carbonyl (C=O) groups is 1. The lowest BCUT2D eigenvalue weighted by Gasteiger charge is -2.23. The Morgan fingerprint density at radius 3 is 2.85 bits per heavy atom. The van der Waals surface area contributed by atoms with E-state index in [0.29, 0.717) is 13.0 Å². The molecular weight excluding hydrogens is 256 g/mol. The molecule has 4 heteroatoms. The van der Waals surface area contributed by atoms with Gasteiger partial charge >= 0.3 is 5.97 Å². The molecule has 0 amide bonds. The van der Waals surface area contributed by atoms with E-state index in [-0.39, 0.29) is 18.0 Å². The zero-order valence-electron chi connectivity index (χ0n) is 12.7. The van der Waals surface area contributed by atoms with Gasteiger partial charge in [-0.2, -0.15) is 0 Å². The minimum Gasteiger partial charge on any atom is -0.461 e. The van der Waals surface area contributed by atoms with Gasteiger partial charge in [0.05, 0.1) is 6.10 Å². The van der Waals surface area contributed by atoms with Crippen molar-refractivity contribution >= 4 is 5.97 Å². The minimum atomic E-state index is -0.607. The molecule has 0 saturated carbocycles. The maximum atomic E-state index is 11.5. The average molecular weight is 282 g/mol. The highest BCUT2D eigenvalue weighted by molar-refractivity contribution is 5.69. The van der Waals surface area contributed by atoms with Crippen molar-refractivity contribution in [3.63, 3.8) is 0 Å². The third-order valence-corrected chi connectivity index (χ3v) is 3.48. The van der Waals surface area contributed by atoms with Crippen LogP contribution in [0, 0.1) is 5.92 Å². The molecule has 114 valence electrons. The normalized spacial score (nSPS) is 34.5. The van der Waals surface area contributed by atoms with Crippen molar-refractivity contribution in [1.82, 2.24) is 0 Å². The van der Waals surface area contributed by atoms with Crippen LogP contribution in [0.4, 0.5) is 0 Å². The highest BCUT2D eigenvalue weighted by atomic mass is 16.5. The van der Waals surface area contributed by atoms with E-state index in [9.17, 15) is 9.90 Å². The van der Waals surface area contributed by atoms with Crippen LogP contribution in [0.25, 0.3) is 0 Å². The second-order valence-electron chi connectivity index (χ2n) is 5.40. The molecule has 20 heavy (non-hydrogen) atoms. The molecule has 0 fully saturated rings. The Morgan fingerprint density at radius 1 is 1.40 bits per heavy atom. The van der Waals surface area contributed by atoms with Crippen molar-refractivity contribution in [2.24, 2.45) is 5.92 Å². The van der Waals surface area contributed by atoms with Crippen molar-refractivity contribution in [1.29, 1.82) is 0 Å². The molecule has 1 aliphatic heterocycles. The SMILES string of the molecule is CO[C@H]1/C=C/CCCCC(=O)OC/C(C)=C\C(C)[C@@H]1O. The van der Waals surface area contributed by atoms with Crippen LogP contribution in [-0.4, -0.2) is 37.0 Å². The van der Waals surface area contributed by atoms with Gasteiger partial charge in [0.2, 0.25) is 0 Å². The first-order chi connectivity index (χ1) is 9.54. The molecule has 0 saturated heterocycles. The van der Waals surface area contributed by atoms with Gasteiger partial charge in [-0.15, -0.1) is 0 Å². The summed E-state index contributed by atoms with van der Waals surface area (Å²) >= 11 is 0. The molecule has 0 bridgehead atoms. The Balaban J connectivity index is 2.78. The fourth-order valence-corrected chi connectivity index (χ4v) is 2.25. The number of methoxy groups -OCH3 is 1. The third-order valence-electron chi connectivity index (χ3n) is 3.48. The van der Waals surface area contributed by atoms with Crippen molar-refractivity contribution in [3.8, 4) is 0 Å². The number of carbonyl (C=O) groups excluding carboxylic acids is 1. The minimum absolute atomic E-state index is 0.0637. The van der Waals surface area contributed by atoms with Crippen LogP contribution in [0.5, 0.6) is 0 Å². The lowest BCUT2D eigenvalue weighted by molar-refractivity contribution is -0.142. The Bertz CT molecular complexity index is 359. The quantitative estimate of drug-likeness (QED) is 0.593. The third kappa shape index (κ3) is 5.88. The number of aliphatic hydroxyl groups excluding tert-OH is 1. The largest absolute Gasteiger partial charge is 0.461 e. The van der Waals surface area contributed by atoms with Crippen LogP contribution in [-0.2, 0) is 14.3 Å². The Kier molecular flexibility index (Phi) is 7.55. The maximum Gasteiger partial charge on any atom is 0.306 e. The van der Waals surface area contributed by atoms with Crippen molar-refractivity contribution in [3.05, 3.63) is 23.8 Å². The van der Waals surface area contributed by atoms with Crippen LogP contribution in [0.15, 0.2) is 23.8 Å². The first kappa shape index (κ1) is 16.9. The fourth-order valence-electron chi connectivity index (χ4n) is 2.25. The molecule has 4 nitrogen and oxygen atoms in total. The van der Waals surface area contributed by atoms with Crippen molar-refractivity contribution in [2.75, 3.05) is 13.7 Å². The second kappa shape index (κ2) is 8.93. The van der Waals surface area contributed by atoms with Gasteiger partial charge in [-0.05, 0) is 31.8 Å². The van der Waals surface area contributed by atoms with E-state index in [2.05, 4.69) is 0 Å². The maximum absolute atomic E-state index is 11.5. The molecule has 1 rings (SSSR count). The van der Waals surface area contributed by atoms with Crippen LogP contribution in [0.1, 0.15) is 39.5 Å². The fraction of sp³-hybridized carbons (Fsp3) is 0.688. The van der Waals surface area contributed by atoms with Gasteiger partial charge in [-0.3, -0.25) is 4.79 Å². The van der Waals surface area contributed by atoms with Crippen LogP contribution < -0.4 is 0 Å². The summed E-state index contributed by atoms with van der Waals surface area (Å²) in [5.74, 6) is -0.215. The van der Waals surface area contributed by atoms with E-state index in [1.54, 1.807) is 7.11 Å². The molecule has 3 atom stereocenters. The molecule has 1 aliphatic rings. The highest BCUT2D eigenvalue weighted by Crippen LogP contribution is 2.16. The summed E-state index contributed by atoms with van der Waals surface area (Å²) in [7, 11) is 1.60. The van der Waals surface area contributed by atoms with E-state index >= 15 is 0 Å². The van der Waals surface area contributed by atoms with Crippen molar-refractivity contribution in [2.45, 2.75) is 51.7 Å². The van der Waals surface area contributed by atoms with E-state index < -0.39 is 6.10 Å². The summed E-state index contributed by atoms with van der Waals surface area (Å²) in [5.41, 5.74) is 0.945. The highest BCUT2D eigenvalue weighted by Gasteiger charge is 2.21. The summed E-state index contributed by atoms with van der Waals surface area (Å²) in [6, 6.07) is 0. The van der Waals surface area contributed by atoms with Gasteiger partial charge in [-0.1, -0.05) is 25.2 Å². The smallest absolute Gasteiger partial charge is 0.306 e. The zero-order valence-corrected chi connectivity index (χ0v) is 12.7. The molecule has 0 radical (unpaired) electrons. The standard InChI is InChI=1S/C16H26O4/c1-12-10-13(2)16(18)14(19-3)8-6-4-5-7-9-15(17)20-11-12/h6,8,10,13-14,16,18H,4-5,7,9,11H2,1-3H3/b8-6+,12-10-/t13?,14-,16-/m0/s1. The van der Waals surface area contributed by atoms with Gasteiger partial charge < -0.3 is 14.6 Å². The molecule has 0 aliphatic carbocycles. The van der Waals surface area contributed by atoms with Gasteiger partial charge in [0.1, 0.15) is 12.7 Å². The number of allylic oxidation sites excluding steroid dienone is 1. The lowest BCUT2D eigenvalue weighted by Crippen LogP contribution is -2.31. The predicted octanol–water partition coefficient (Wildman–Crippen LogP) is 2.62. The van der Waals surface area contributed by atoms with E-state index in [0.717, 1.165) is 24.8 Å². The van der Waals surface area contributed by atoms with Crippen LogP contribution >= 0.6 is 0 Å². The monoisotopic (exact) mass is 282 g/mol. The number of aliphatic hydroxyl groups is 1. The number of cyclic esters (lactones) is 1. The predicted molar refractivity (Wildman–Crippen MR) is 78.3 cm³/mol. The molecule has 0 aromatic heterocycles. The van der Waals surface area contributed by atoms with Gasteiger partial charge in [0.25, 0.3) is 0 Å². The van der Waals surface area contributed by atoms with E-state index in [1.165, 1.54) is 0 Å². The van der Waals surface area contributed by atoms with Gasteiger partial charge in [-0.25, -0.2) is 0 Å². The number of esters is 1. The number of ether oxygens (including phenoxy) is 2. The molecular formula is C16H26O4. The Hall–Kier alpha value is -1.13. The first-order valence-electron chi connectivity index (χ1n) is 7.25. The average Bonchev–Trinajstić information content (AvgIpc) is 2.43. The van der Waals surface area contributed by atoms with Gasteiger partial charge in [0.15, 0.2) is 0 Å². The van der Waals surface area contributed by atoms with E-state index in [4.69, 9.17) is 9.47 Å². The topological polar surface area (TPSA) is 55.8 Å². The van der Waals surface area contributed by atoms with Crippen LogP contribution in [0.2, 0.25) is 0 Å². The second-order valence-corrected chi connectivity index (χ2v) is 5.40. The molecule has 1 unspecified atom stereocenters. The summed E-state index contributed by atoms with van der Waals surface area (Å²) in [6.07, 6.45) is 8.04. The summed E-state index contributed by atoms with van der Waals surface area (Å²) < 4.78 is 10.5. The Labute approximate surface area is 121 Å². The lowest BCUT2D eigenvalue weighted by atomic mass is 9.96. The Morgan fingerprint density at radius 2 is 2.15 bits per heavy atom. The molecule has 1 heterocycles. The molecule has 0 aromatic rings. The van der Waals surface area contributed by atoms with Gasteiger partial charge in [0, 0.05) is 19.4 Å². The molecule has 0 aromatic carbocycles. The number of hydrogen-bond donors (Lipinski definition) is 1. The number of hydrogen-bond acceptors (Lipinski definition) is 4. The zero-order chi connectivity index (χ0) is 15.0. The summed E-state index contributed by atoms with van der Waals surface area (Å²) in [6.45, 7) is 4.13. The summed E-state index contributed by atoms with van der Waals surface area (Å²) in [5, 5.41) is 10.3. The van der Waals surface area contributed by atoms with E-state index in [1.807, 2.05) is 32.1 Å². The van der Waals surface area contributed by atoms with Crippen LogP contribution in [0.3, 0.4) is 0 Å². The summed E-state index contributed by atoms with van der Waals surface area (Å²) in [4.78, 5) is 11.5. The molecule has 1 N–H and O–H groups in total. The number of rotatable bonds is 1. The molecule has 0 spiro atoms. The van der Waals surface area contributed by atoms with Crippen molar-refractivity contribution < 1.29 is 19.4 Å². The first-order valence-corrected chi connectivity index (χ1v) is 7.25.